The number of nitrogens with zero attached hydrogens (tertiary/aromatic N) is 3. The van der Waals surface area contributed by atoms with Crippen molar-refractivity contribution in [2.45, 2.75) is 19.1 Å². The van der Waals surface area contributed by atoms with E-state index in [9.17, 15) is 38.0 Å². The lowest BCUT2D eigenvalue weighted by Crippen LogP contribution is -2.41. The molecule has 0 spiro atoms. The summed E-state index contributed by atoms with van der Waals surface area (Å²) in [6.45, 7) is 1.19. The van der Waals surface area contributed by atoms with Crippen LogP contribution in [-0.2, 0) is 9.53 Å². The second-order valence-electron chi connectivity index (χ2n) is 7.96. The van der Waals surface area contributed by atoms with Crippen LogP contribution in [0.2, 0.25) is 5.02 Å². The van der Waals surface area contributed by atoms with Crippen LogP contribution in [0.4, 0.5) is 18.9 Å². The number of allylic oxidation sites excluding steroid dienone is 1. The van der Waals surface area contributed by atoms with Crippen LogP contribution < -0.4 is 19.6 Å². The fourth-order valence-electron chi connectivity index (χ4n) is 3.94. The van der Waals surface area contributed by atoms with Crippen molar-refractivity contribution in [2.75, 3.05) is 13.7 Å². The van der Waals surface area contributed by atoms with Crippen molar-refractivity contribution in [2.24, 2.45) is 4.99 Å². The number of halogens is 4. The van der Waals surface area contributed by atoms with Crippen LogP contribution in [0.1, 0.15) is 24.1 Å². The Labute approximate surface area is 225 Å². The molecule has 1 N–H and O–H groups in total. The Morgan fingerprint density at radius 1 is 1.31 bits per heavy atom. The molecule has 204 valence electrons. The maximum absolute atomic E-state index is 14.2. The van der Waals surface area contributed by atoms with E-state index >= 15 is 0 Å². The summed E-state index contributed by atoms with van der Waals surface area (Å²) in [5.41, 5.74) is -3.75. The summed E-state index contributed by atoms with van der Waals surface area (Å²) in [6, 6.07) is 6.14. The molecule has 1 aromatic heterocycles. The highest BCUT2D eigenvalue weighted by atomic mass is 35.5. The van der Waals surface area contributed by atoms with Gasteiger partial charge in [0.05, 0.1) is 34.8 Å². The first-order chi connectivity index (χ1) is 18.4. The van der Waals surface area contributed by atoms with Crippen molar-refractivity contribution in [1.29, 1.82) is 0 Å². The van der Waals surface area contributed by atoms with E-state index in [2.05, 4.69) is 4.99 Å². The number of fused-ring (bicyclic) bond motifs is 1. The molecule has 0 unspecified atom stereocenters. The van der Waals surface area contributed by atoms with Crippen molar-refractivity contribution in [3.8, 4) is 11.5 Å². The van der Waals surface area contributed by atoms with Crippen LogP contribution in [0.15, 0.2) is 57.5 Å². The summed E-state index contributed by atoms with van der Waals surface area (Å²) in [4.78, 5) is 40.2. The molecule has 4 rings (SSSR count). The Balaban J connectivity index is 2.05. The average Bonchev–Trinajstić information content (AvgIpc) is 3.18. The van der Waals surface area contributed by atoms with Crippen molar-refractivity contribution >= 4 is 40.7 Å². The van der Waals surface area contributed by atoms with Gasteiger partial charge in [-0.1, -0.05) is 35.1 Å². The molecule has 1 aliphatic heterocycles. The number of carbonyl (C=O) groups is 1. The number of alkyl halides is 3. The molecular weight excluding hydrogens is 567 g/mol. The van der Waals surface area contributed by atoms with Gasteiger partial charge in [-0.3, -0.25) is 19.5 Å². The molecule has 0 bridgehead atoms. The zero-order chi connectivity index (χ0) is 28.6. The maximum atomic E-state index is 14.2. The molecule has 0 radical (unpaired) electrons. The first-order valence-electron chi connectivity index (χ1n) is 11.0. The van der Waals surface area contributed by atoms with E-state index in [0.717, 1.165) is 17.7 Å². The van der Waals surface area contributed by atoms with Gasteiger partial charge < -0.3 is 14.6 Å². The fourth-order valence-corrected chi connectivity index (χ4v) is 5.07. The number of nitro benzene ring substituents is 1. The Bertz CT molecular complexity index is 1700. The molecule has 2 aromatic carbocycles. The molecule has 1 aliphatic rings. The summed E-state index contributed by atoms with van der Waals surface area (Å²) in [6.07, 6.45) is -3.90. The molecule has 2 heterocycles. The molecule has 0 fully saturated rings. The predicted molar refractivity (Wildman–Crippen MR) is 134 cm³/mol. The molecule has 39 heavy (non-hydrogen) atoms. The number of aromatic hydroxyl groups is 1. The van der Waals surface area contributed by atoms with Gasteiger partial charge in [0.1, 0.15) is 0 Å². The Kier molecular flexibility index (Phi) is 7.52. The number of benzene rings is 2. The summed E-state index contributed by atoms with van der Waals surface area (Å²) < 4.78 is 53.1. The fraction of sp³-hybridized carbons (Fsp3) is 0.208. The molecule has 1 atom stereocenters. The van der Waals surface area contributed by atoms with Crippen molar-refractivity contribution in [1.82, 2.24) is 4.57 Å². The number of hydrogen-bond donors (Lipinski definition) is 1. The van der Waals surface area contributed by atoms with Crippen LogP contribution in [0.25, 0.3) is 6.08 Å². The first-order valence-corrected chi connectivity index (χ1v) is 12.2. The van der Waals surface area contributed by atoms with E-state index in [1.807, 2.05) is 0 Å². The number of nitro groups is 1. The van der Waals surface area contributed by atoms with Gasteiger partial charge in [-0.2, -0.15) is 13.2 Å². The van der Waals surface area contributed by atoms with Crippen LogP contribution in [0.5, 0.6) is 11.5 Å². The minimum atomic E-state index is -5.08. The number of thiazole rings is 1. The van der Waals surface area contributed by atoms with E-state index in [1.165, 1.54) is 43.3 Å². The zero-order valence-corrected chi connectivity index (χ0v) is 21.6. The number of rotatable bonds is 6. The van der Waals surface area contributed by atoms with Gasteiger partial charge in [0.25, 0.3) is 5.56 Å². The van der Waals surface area contributed by atoms with Crippen molar-refractivity contribution in [3.05, 3.63) is 93.6 Å². The number of hydrogen-bond acceptors (Lipinski definition) is 9. The van der Waals surface area contributed by atoms with Crippen LogP contribution in [0, 0.1) is 10.1 Å². The molecule has 0 aliphatic carbocycles. The zero-order valence-electron chi connectivity index (χ0n) is 20.0. The van der Waals surface area contributed by atoms with Gasteiger partial charge in [0.2, 0.25) is 5.75 Å². The van der Waals surface area contributed by atoms with E-state index in [1.54, 1.807) is 0 Å². The summed E-state index contributed by atoms with van der Waals surface area (Å²) in [5, 5.41) is 21.7. The van der Waals surface area contributed by atoms with Crippen molar-refractivity contribution < 1.29 is 37.5 Å². The average molecular weight is 584 g/mol. The van der Waals surface area contributed by atoms with Crippen molar-refractivity contribution in [3.63, 3.8) is 0 Å². The number of methoxy groups -OCH3 is 1. The number of esters is 1. The van der Waals surface area contributed by atoms with E-state index < -0.39 is 51.4 Å². The minimum absolute atomic E-state index is 0.0466. The van der Waals surface area contributed by atoms with Gasteiger partial charge in [-0.25, -0.2) is 9.79 Å². The molecule has 10 nitrogen and oxygen atoms in total. The minimum Gasteiger partial charge on any atom is -0.500 e. The third-order valence-electron chi connectivity index (χ3n) is 5.57. The molecule has 0 saturated heterocycles. The smallest absolute Gasteiger partial charge is 0.434 e. The number of phenols is 1. The van der Waals surface area contributed by atoms with Crippen LogP contribution in [-0.4, -0.2) is 40.5 Å². The molecule has 0 saturated carbocycles. The van der Waals surface area contributed by atoms with Crippen LogP contribution in [0.3, 0.4) is 0 Å². The normalized spacial score (nSPS) is 15.5. The Morgan fingerprint density at radius 3 is 2.54 bits per heavy atom. The second kappa shape index (κ2) is 10.5. The lowest BCUT2D eigenvalue weighted by Gasteiger charge is -2.26. The Morgan fingerprint density at radius 2 is 1.97 bits per heavy atom. The van der Waals surface area contributed by atoms with Gasteiger partial charge in [0.15, 0.2) is 16.2 Å². The molecule has 0 amide bonds. The molecule has 15 heteroatoms. The third kappa shape index (κ3) is 5.25. The molecule has 3 aromatic rings. The van der Waals surface area contributed by atoms with E-state index in [4.69, 9.17) is 21.1 Å². The van der Waals surface area contributed by atoms with Gasteiger partial charge >= 0.3 is 17.8 Å². The van der Waals surface area contributed by atoms with E-state index in [0.29, 0.717) is 11.3 Å². The van der Waals surface area contributed by atoms with Gasteiger partial charge in [0, 0.05) is 11.1 Å². The largest absolute Gasteiger partial charge is 0.500 e. The lowest BCUT2D eigenvalue weighted by atomic mass is 9.95. The standard InChI is InChI=1S/C24H17ClF3N3O7S/c1-3-38-22(34)17-18(12-4-6-13(25)7-5-12)30-21(33)16(39-23(30)29-20(17)24(26,27)28)10-11-8-14(31(35)36)19(32)15(9-11)37-2/h4-10,18,32H,3H2,1-2H3/b16-10-/t18-/m1/s1. The SMILES string of the molecule is CCOC(=O)C1=C(C(F)(F)F)N=c2s/c(=C\c3cc(OC)c(O)c([N+](=O)[O-])c3)c(=O)n2[C@@H]1c1ccc(Cl)cc1. The van der Waals surface area contributed by atoms with E-state index in [-0.39, 0.29) is 37.8 Å². The second-order valence-corrected chi connectivity index (χ2v) is 9.41. The number of ether oxygens (including phenoxy) is 2. The number of carbonyl (C=O) groups excluding carboxylic acids is 1. The molecular formula is C24H17ClF3N3O7S. The highest BCUT2D eigenvalue weighted by Crippen LogP contribution is 2.39. The van der Waals surface area contributed by atoms with Crippen LogP contribution >= 0.6 is 22.9 Å². The van der Waals surface area contributed by atoms with Gasteiger partial charge in [-0.05, 0) is 42.3 Å². The predicted octanol–water partition coefficient (Wildman–Crippen LogP) is 3.62. The van der Waals surface area contributed by atoms with Gasteiger partial charge in [-0.15, -0.1) is 0 Å². The quantitative estimate of drug-likeness (QED) is 0.266. The highest BCUT2D eigenvalue weighted by Gasteiger charge is 2.45. The summed E-state index contributed by atoms with van der Waals surface area (Å²) >= 11 is 6.53. The highest BCUT2D eigenvalue weighted by molar-refractivity contribution is 7.07. The number of phenolic OH excluding ortho intramolecular Hbond substituents is 1. The summed E-state index contributed by atoms with van der Waals surface area (Å²) in [7, 11) is 1.16. The summed E-state index contributed by atoms with van der Waals surface area (Å²) in [5.74, 6) is -2.30. The topological polar surface area (TPSA) is 133 Å². The number of aromatic nitrogens is 1. The maximum Gasteiger partial charge on any atom is 0.434 e. The third-order valence-corrected chi connectivity index (χ3v) is 6.81. The first kappa shape index (κ1) is 27.9. The monoisotopic (exact) mass is 583 g/mol. The lowest BCUT2D eigenvalue weighted by molar-refractivity contribution is -0.386. The Hall–Kier alpha value is -4.17.